The Morgan fingerprint density at radius 2 is 2.00 bits per heavy atom. The Kier molecular flexibility index (Phi) is 4.50. The second kappa shape index (κ2) is 5.51. The minimum atomic E-state index is -1.21. The van der Waals surface area contributed by atoms with E-state index >= 15 is 0 Å². The van der Waals surface area contributed by atoms with Crippen LogP contribution in [0.4, 0.5) is 4.79 Å². The van der Waals surface area contributed by atoms with E-state index in [4.69, 9.17) is 4.74 Å². The summed E-state index contributed by atoms with van der Waals surface area (Å²) in [5.74, 6) is 0.355. The molecule has 0 radical (unpaired) electrons. The number of carbonyl (C=O) groups excluding carboxylic acids is 1. The number of ether oxygens (including phenoxy) is 1. The van der Waals surface area contributed by atoms with Crippen molar-refractivity contribution in [2.24, 2.45) is 0 Å². The van der Waals surface area contributed by atoms with Crippen LogP contribution in [0.25, 0.3) is 0 Å². The van der Waals surface area contributed by atoms with Gasteiger partial charge in [-0.25, -0.2) is 9.48 Å². The van der Waals surface area contributed by atoms with Gasteiger partial charge in [-0.15, -0.1) is 0 Å². The minimum Gasteiger partial charge on any atom is -0.391 e. The van der Waals surface area contributed by atoms with E-state index in [1.165, 1.54) is 4.90 Å². The maximum Gasteiger partial charge on any atom is 0.416 e. The van der Waals surface area contributed by atoms with Crippen molar-refractivity contribution in [1.82, 2.24) is 14.7 Å². The molecular formula is C11H19N3O3S. The normalized spacial score (nSPS) is 12.6. The van der Waals surface area contributed by atoms with Crippen molar-refractivity contribution in [3.8, 4) is 5.88 Å². The van der Waals surface area contributed by atoms with Gasteiger partial charge in [-0.05, 0) is 20.8 Å². The molecule has 6 nitrogen and oxygen atoms in total. The highest BCUT2D eigenvalue weighted by atomic mass is 32.2. The first-order chi connectivity index (χ1) is 8.25. The van der Waals surface area contributed by atoms with Crippen molar-refractivity contribution < 1.29 is 13.7 Å². The Balaban J connectivity index is 3.23. The summed E-state index contributed by atoms with van der Waals surface area (Å²) in [6, 6.07) is 0.0194. The van der Waals surface area contributed by atoms with Gasteiger partial charge in [0, 0.05) is 25.9 Å². The third-order valence-corrected chi connectivity index (χ3v) is 3.29. The van der Waals surface area contributed by atoms with Crippen molar-refractivity contribution in [1.29, 1.82) is 0 Å². The molecule has 1 atom stereocenters. The van der Waals surface area contributed by atoms with E-state index in [2.05, 4.69) is 5.10 Å². The summed E-state index contributed by atoms with van der Waals surface area (Å²) in [6.45, 7) is 5.59. The van der Waals surface area contributed by atoms with E-state index < -0.39 is 16.9 Å². The van der Waals surface area contributed by atoms with E-state index in [1.807, 2.05) is 13.8 Å². The largest absolute Gasteiger partial charge is 0.416 e. The van der Waals surface area contributed by atoms with Crippen LogP contribution in [0, 0.1) is 6.92 Å². The molecule has 0 aromatic carbocycles. The van der Waals surface area contributed by atoms with E-state index in [-0.39, 0.29) is 6.04 Å². The average molecular weight is 273 g/mol. The molecule has 7 heteroatoms. The number of rotatable bonds is 3. The summed E-state index contributed by atoms with van der Waals surface area (Å²) in [5.41, 5.74) is 0.639. The fraction of sp³-hybridized carbons (Fsp3) is 0.636. The predicted molar refractivity (Wildman–Crippen MR) is 69.4 cm³/mol. The lowest BCUT2D eigenvalue weighted by molar-refractivity contribution is 0.166. The number of nitrogens with zero attached hydrogens (tertiary/aromatic N) is 3. The third-order valence-electron chi connectivity index (χ3n) is 2.36. The molecule has 0 N–H and O–H groups in total. The highest BCUT2D eigenvalue weighted by molar-refractivity contribution is 7.84. The van der Waals surface area contributed by atoms with Crippen molar-refractivity contribution in [2.45, 2.75) is 31.8 Å². The van der Waals surface area contributed by atoms with Crippen LogP contribution in [0.5, 0.6) is 5.88 Å². The second-order valence-electron chi connectivity index (χ2n) is 4.49. The number of hydrogen-bond donors (Lipinski definition) is 0. The maximum absolute atomic E-state index is 11.6. The van der Waals surface area contributed by atoms with Gasteiger partial charge in [0.05, 0.1) is 16.8 Å². The van der Waals surface area contributed by atoms with Crippen molar-refractivity contribution >= 4 is 16.9 Å². The van der Waals surface area contributed by atoms with Gasteiger partial charge in [-0.2, -0.15) is 5.10 Å². The first kappa shape index (κ1) is 14.7. The van der Waals surface area contributed by atoms with Gasteiger partial charge in [0.25, 0.3) is 0 Å². The van der Waals surface area contributed by atoms with Gasteiger partial charge < -0.3 is 9.64 Å². The molecule has 0 aliphatic heterocycles. The van der Waals surface area contributed by atoms with Crippen LogP contribution in [-0.4, -0.2) is 45.3 Å². The SMILES string of the molecule is Cc1c(S(C)=O)nn(C(C)C)c1OC(=O)N(C)C. The topological polar surface area (TPSA) is 64.4 Å². The van der Waals surface area contributed by atoms with E-state index in [0.717, 1.165) is 0 Å². The highest BCUT2D eigenvalue weighted by Gasteiger charge is 2.22. The third kappa shape index (κ3) is 2.90. The number of carbonyl (C=O) groups is 1. The van der Waals surface area contributed by atoms with Gasteiger partial charge in [0.1, 0.15) is 0 Å². The van der Waals surface area contributed by atoms with Crippen molar-refractivity contribution in [3.63, 3.8) is 0 Å². The zero-order valence-corrected chi connectivity index (χ0v) is 12.4. The zero-order valence-electron chi connectivity index (χ0n) is 11.6. The van der Waals surface area contributed by atoms with Crippen LogP contribution >= 0.6 is 0 Å². The number of hydrogen-bond acceptors (Lipinski definition) is 4. The monoisotopic (exact) mass is 273 g/mol. The molecule has 0 saturated heterocycles. The van der Waals surface area contributed by atoms with Crippen LogP contribution in [0.1, 0.15) is 25.5 Å². The molecule has 18 heavy (non-hydrogen) atoms. The lowest BCUT2D eigenvalue weighted by Gasteiger charge is -2.14. The Morgan fingerprint density at radius 1 is 1.44 bits per heavy atom. The smallest absolute Gasteiger partial charge is 0.391 e. The zero-order chi connectivity index (χ0) is 14.0. The molecule has 0 aliphatic carbocycles. The van der Waals surface area contributed by atoms with E-state index in [1.54, 1.807) is 32.0 Å². The lowest BCUT2D eigenvalue weighted by Crippen LogP contribution is -2.26. The standard InChI is InChI=1S/C11H19N3O3S/c1-7(2)14-10(17-11(15)13(4)5)8(3)9(12-14)18(6)16/h7H,1-6H3. The summed E-state index contributed by atoms with van der Waals surface area (Å²) < 4.78 is 18.4. The predicted octanol–water partition coefficient (Wildman–Crippen LogP) is 1.57. The molecular weight excluding hydrogens is 254 g/mol. The molecule has 1 amide bonds. The summed E-state index contributed by atoms with van der Waals surface area (Å²) in [5, 5.41) is 4.69. The maximum atomic E-state index is 11.6. The first-order valence-electron chi connectivity index (χ1n) is 5.57. The Morgan fingerprint density at radius 3 is 2.39 bits per heavy atom. The summed E-state index contributed by atoms with van der Waals surface area (Å²) in [6.07, 6.45) is 1.07. The molecule has 0 bridgehead atoms. The second-order valence-corrected chi connectivity index (χ2v) is 5.79. The fourth-order valence-corrected chi connectivity index (χ4v) is 2.12. The molecule has 0 spiro atoms. The van der Waals surface area contributed by atoms with Gasteiger partial charge >= 0.3 is 6.09 Å². The molecule has 1 aromatic rings. The van der Waals surface area contributed by atoms with Crippen LogP contribution < -0.4 is 4.74 Å². The number of amides is 1. The quantitative estimate of drug-likeness (QED) is 0.838. The molecule has 1 aromatic heterocycles. The van der Waals surface area contributed by atoms with Crippen molar-refractivity contribution in [2.75, 3.05) is 20.4 Å². The Hall–Kier alpha value is -1.37. The number of aromatic nitrogens is 2. The highest BCUT2D eigenvalue weighted by Crippen LogP contribution is 2.27. The van der Waals surface area contributed by atoms with E-state index in [0.29, 0.717) is 16.5 Å². The molecule has 102 valence electrons. The van der Waals surface area contributed by atoms with E-state index in [9.17, 15) is 9.00 Å². The molecule has 1 rings (SSSR count). The Bertz CT molecular complexity index is 480. The minimum absolute atomic E-state index is 0.0194. The molecule has 0 fully saturated rings. The lowest BCUT2D eigenvalue weighted by atomic mass is 10.3. The molecule has 1 heterocycles. The van der Waals surface area contributed by atoms with Crippen LogP contribution in [-0.2, 0) is 10.8 Å². The van der Waals surface area contributed by atoms with Crippen LogP contribution in [0.2, 0.25) is 0 Å². The summed E-state index contributed by atoms with van der Waals surface area (Å²) in [4.78, 5) is 12.9. The van der Waals surface area contributed by atoms with Gasteiger partial charge in [-0.1, -0.05) is 0 Å². The van der Waals surface area contributed by atoms with Gasteiger partial charge in [0.15, 0.2) is 5.03 Å². The Labute approximate surface area is 109 Å². The summed E-state index contributed by atoms with van der Waals surface area (Å²) in [7, 11) is 2.00. The van der Waals surface area contributed by atoms with Gasteiger partial charge in [0.2, 0.25) is 5.88 Å². The average Bonchev–Trinajstić information content (AvgIpc) is 2.56. The molecule has 1 unspecified atom stereocenters. The molecule has 0 aliphatic rings. The van der Waals surface area contributed by atoms with Gasteiger partial charge in [-0.3, -0.25) is 4.21 Å². The van der Waals surface area contributed by atoms with Crippen LogP contribution in [0.3, 0.4) is 0 Å². The van der Waals surface area contributed by atoms with Crippen LogP contribution in [0.15, 0.2) is 5.03 Å². The first-order valence-corrected chi connectivity index (χ1v) is 7.13. The molecule has 0 saturated carbocycles. The van der Waals surface area contributed by atoms with Crippen molar-refractivity contribution in [3.05, 3.63) is 5.56 Å². The summed E-state index contributed by atoms with van der Waals surface area (Å²) >= 11 is 0. The fourth-order valence-electron chi connectivity index (χ4n) is 1.40.